The molecule has 5 nitrogen and oxygen atoms in total. The molecule has 1 aliphatic heterocycles. The monoisotopic (exact) mass is 404 g/mol. The lowest BCUT2D eigenvalue weighted by Gasteiger charge is -2.44. The molecule has 0 aromatic rings. The summed E-state index contributed by atoms with van der Waals surface area (Å²) in [6.07, 6.45) is 11.3. The smallest absolute Gasteiger partial charge is 0.308 e. The van der Waals surface area contributed by atoms with Crippen LogP contribution in [0.3, 0.4) is 0 Å². The second-order valence-corrected chi connectivity index (χ2v) is 9.65. The molecule has 0 aromatic carbocycles. The Morgan fingerprint density at radius 2 is 2.00 bits per heavy atom. The maximum atomic E-state index is 11.7. The van der Waals surface area contributed by atoms with Gasteiger partial charge in [-0.25, -0.2) is 0 Å². The highest BCUT2D eigenvalue weighted by Gasteiger charge is 2.40. The van der Waals surface area contributed by atoms with Crippen molar-refractivity contribution in [2.24, 2.45) is 35.5 Å². The van der Waals surface area contributed by atoms with Crippen LogP contribution in [-0.4, -0.2) is 34.4 Å². The maximum absolute atomic E-state index is 11.7. The van der Waals surface area contributed by atoms with E-state index in [0.29, 0.717) is 42.4 Å². The van der Waals surface area contributed by atoms with E-state index in [2.05, 4.69) is 32.1 Å². The Balaban J connectivity index is 1.71. The summed E-state index contributed by atoms with van der Waals surface area (Å²) in [5, 5.41) is 19.2. The van der Waals surface area contributed by atoms with Gasteiger partial charge in [0.2, 0.25) is 0 Å². The van der Waals surface area contributed by atoms with Gasteiger partial charge in [0.15, 0.2) is 0 Å². The summed E-state index contributed by atoms with van der Waals surface area (Å²) in [4.78, 5) is 23.0. The molecule has 162 valence electrons. The second kappa shape index (κ2) is 9.46. The molecule has 5 heteroatoms. The number of aliphatic carboxylic acids is 1. The van der Waals surface area contributed by atoms with Crippen molar-refractivity contribution in [3.63, 3.8) is 0 Å². The molecule has 0 spiro atoms. The van der Waals surface area contributed by atoms with Gasteiger partial charge in [-0.3, -0.25) is 9.59 Å². The van der Waals surface area contributed by atoms with Gasteiger partial charge >= 0.3 is 11.9 Å². The lowest BCUT2D eigenvalue weighted by atomic mass is 9.61. The molecule has 1 heterocycles. The Labute approximate surface area is 174 Å². The molecule has 0 saturated carbocycles. The van der Waals surface area contributed by atoms with Gasteiger partial charge in [0.25, 0.3) is 0 Å². The third-order valence-corrected chi connectivity index (χ3v) is 7.22. The number of ether oxygens (including phenoxy) is 1. The van der Waals surface area contributed by atoms with Gasteiger partial charge in [-0.05, 0) is 67.3 Å². The van der Waals surface area contributed by atoms with Crippen molar-refractivity contribution in [1.29, 1.82) is 0 Å². The van der Waals surface area contributed by atoms with Gasteiger partial charge in [-0.2, -0.15) is 0 Å². The van der Waals surface area contributed by atoms with Crippen LogP contribution in [0.4, 0.5) is 0 Å². The Bertz CT molecular complexity index is 666. The van der Waals surface area contributed by atoms with E-state index < -0.39 is 12.1 Å². The standard InChI is InChI=1S/C24H36O5/c1-14-10-17-6-4-15(2)21(9-8-20-12-19(25)13-22(26)29-20)23(17)18(11-14)7-5-16(3)24(27)28/h4,6,10,14-16,18-21,23,25H,5,7-9,11-13H2,1-3H3,(H,27,28)/t14-,15-,16-,18-,19+,20+,21-,23+/m0/s1. The van der Waals surface area contributed by atoms with E-state index in [-0.39, 0.29) is 24.4 Å². The lowest BCUT2D eigenvalue weighted by Crippen LogP contribution is -2.37. The number of fused-ring (bicyclic) bond motifs is 1. The number of carbonyl (C=O) groups excluding carboxylic acids is 1. The number of hydrogen-bond donors (Lipinski definition) is 2. The van der Waals surface area contributed by atoms with E-state index >= 15 is 0 Å². The van der Waals surface area contributed by atoms with Crippen LogP contribution in [0.25, 0.3) is 0 Å². The van der Waals surface area contributed by atoms with Crippen molar-refractivity contribution < 1.29 is 24.5 Å². The highest BCUT2D eigenvalue weighted by molar-refractivity contribution is 5.71. The highest BCUT2D eigenvalue weighted by Crippen LogP contribution is 2.48. The Kier molecular flexibility index (Phi) is 7.20. The predicted octanol–water partition coefficient (Wildman–Crippen LogP) is 4.35. The first kappa shape index (κ1) is 22.1. The fourth-order valence-electron chi connectivity index (χ4n) is 5.64. The zero-order valence-corrected chi connectivity index (χ0v) is 17.9. The fourth-order valence-corrected chi connectivity index (χ4v) is 5.64. The van der Waals surface area contributed by atoms with Crippen LogP contribution in [0.5, 0.6) is 0 Å². The Hall–Kier alpha value is -1.62. The van der Waals surface area contributed by atoms with Crippen LogP contribution in [0.2, 0.25) is 0 Å². The van der Waals surface area contributed by atoms with Gasteiger partial charge in [0, 0.05) is 6.42 Å². The van der Waals surface area contributed by atoms with E-state index in [9.17, 15) is 19.8 Å². The summed E-state index contributed by atoms with van der Waals surface area (Å²) in [5.41, 5.74) is 1.40. The van der Waals surface area contributed by atoms with Crippen LogP contribution in [0.15, 0.2) is 23.8 Å². The number of aliphatic hydroxyl groups is 1. The first-order valence-electron chi connectivity index (χ1n) is 11.2. The molecule has 0 unspecified atom stereocenters. The number of esters is 1. The van der Waals surface area contributed by atoms with Crippen LogP contribution in [0, 0.1) is 35.5 Å². The molecular formula is C24H36O5. The lowest BCUT2D eigenvalue weighted by molar-refractivity contribution is -0.160. The molecule has 1 saturated heterocycles. The van der Waals surface area contributed by atoms with Crippen molar-refractivity contribution in [3.8, 4) is 0 Å². The third-order valence-electron chi connectivity index (χ3n) is 7.22. The molecule has 1 fully saturated rings. The van der Waals surface area contributed by atoms with Crippen LogP contribution in [-0.2, 0) is 14.3 Å². The molecule has 2 N–H and O–H groups in total. The maximum Gasteiger partial charge on any atom is 0.308 e. The topological polar surface area (TPSA) is 83.8 Å². The number of rotatable bonds is 7. The molecule has 0 amide bonds. The number of allylic oxidation sites excluding steroid dienone is 4. The molecule has 3 rings (SSSR count). The normalized spacial score (nSPS) is 38.0. The van der Waals surface area contributed by atoms with Gasteiger partial charge in [0.05, 0.1) is 18.4 Å². The largest absolute Gasteiger partial charge is 0.481 e. The molecule has 0 aromatic heterocycles. The summed E-state index contributed by atoms with van der Waals surface area (Å²) < 4.78 is 5.47. The molecule has 0 radical (unpaired) electrons. The van der Waals surface area contributed by atoms with E-state index in [1.165, 1.54) is 5.57 Å². The minimum absolute atomic E-state index is 0.107. The number of aliphatic hydroxyl groups excluding tert-OH is 1. The summed E-state index contributed by atoms with van der Waals surface area (Å²) in [5.74, 6) is 1.03. The number of cyclic esters (lactones) is 1. The number of carbonyl (C=O) groups is 2. The predicted molar refractivity (Wildman–Crippen MR) is 111 cm³/mol. The van der Waals surface area contributed by atoms with E-state index in [0.717, 1.165) is 25.7 Å². The molecule has 2 aliphatic carbocycles. The SMILES string of the molecule is C[C@H]1C=C2C=C[C@H](C)[C@H](CC[C@@H]3C[C@@H](O)CC(=O)O3)[C@H]2[C@@H](CC[C@H](C)C(=O)O)C1. The van der Waals surface area contributed by atoms with Gasteiger partial charge in [-0.1, -0.05) is 39.0 Å². The zero-order valence-electron chi connectivity index (χ0n) is 17.9. The van der Waals surface area contributed by atoms with Crippen LogP contribution < -0.4 is 0 Å². The van der Waals surface area contributed by atoms with Crippen molar-refractivity contribution in [2.75, 3.05) is 0 Å². The van der Waals surface area contributed by atoms with Crippen molar-refractivity contribution in [2.45, 2.75) is 77.9 Å². The average Bonchev–Trinajstić information content (AvgIpc) is 2.64. The van der Waals surface area contributed by atoms with Crippen LogP contribution >= 0.6 is 0 Å². The summed E-state index contributed by atoms with van der Waals surface area (Å²) in [6.45, 7) is 6.31. The number of carboxylic acids is 1. The number of hydrogen-bond acceptors (Lipinski definition) is 4. The quantitative estimate of drug-likeness (QED) is 0.616. The average molecular weight is 405 g/mol. The van der Waals surface area contributed by atoms with Gasteiger partial charge < -0.3 is 14.9 Å². The third kappa shape index (κ3) is 5.50. The fraction of sp³-hybridized carbons (Fsp3) is 0.750. The first-order valence-corrected chi connectivity index (χ1v) is 11.2. The summed E-state index contributed by atoms with van der Waals surface area (Å²) in [7, 11) is 0. The zero-order chi connectivity index (χ0) is 21.1. The summed E-state index contributed by atoms with van der Waals surface area (Å²) in [6, 6.07) is 0. The van der Waals surface area contributed by atoms with Crippen molar-refractivity contribution in [3.05, 3.63) is 23.8 Å². The first-order chi connectivity index (χ1) is 13.7. The van der Waals surface area contributed by atoms with Crippen molar-refractivity contribution in [1.82, 2.24) is 0 Å². The van der Waals surface area contributed by atoms with E-state index in [1.54, 1.807) is 6.92 Å². The molecule has 29 heavy (non-hydrogen) atoms. The second-order valence-electron chi connectivity index (χ2n) is 9.65. The van der Waals surface area contributed by atoms with Crippen molar-refractivity contribution >= 4 is 11.9 Å². The van der Waals surface area contributed by atoms with E-state index in [1.807, 2.05) is 0 Å². The summed E-state index contributed by atoms with van der Waals surface area (Å²) >= 11 is 0. The minimum Gasteiger partial charge on any atom is -0.481 e. The highest BCUT2D eigenvalue weighted by atomic mass is 16.5. The van der Waals surface area contributed by atoms with Gasteiger partial charge in [-0.15, -0.1) is 0 Å². The Morgan fingerprint density at radius 1 is 1.24 bits per heavy atom. The Morgan fingerprint density at radius 3 is 2.69 bits per heavy atom. The molecule has 0 bridgehead atoms. The molecule has 3 aliphatic rings. The number of carboxylic acid groups (broad SMARTS) is 1. The van der Waals surface area contributed by atoms with E-state index in [4.69, 9.17) is 4.74 Å². The van der Waals surface area contributed by atoms with Gasteiger partial charge in [0.1, 0.15) is 6.10 Å². The minimum atomic E-state index is -0.712. The molecule has 8 atom stereocenters. The van der Waals surface area contributed by atoms with Crippen LogP contribution in [0.1, 0.15) is 65.7 Å². The molecular weight excluding hydrogens is 368 g/mol.